The van der Waals surface area contributed by atoms with Gasteiger partial charge >= 0.3 is 7.60 Å². The van der Waals surface area contributed by atoms with Crippen LogP contribution in [0.4, 0.5) is 0 Å². The highest BCUT2D eigenvalue weighted by atomic mass is 31.2. The van der Waals surface area contributed by atoms with Gasteiger partial charge in [0.15, 0.2) is 0 Å². The molecule has 5 nitrogen and oxygen atoms in total. The number of rotatable bonds is 3. The Morgan fingerprint density at radius 3 is 2.06 bits per heavy atom. The minimum atomic E-state index is -4.04. The third-order valence-electron chi connectivity index (χ3n) is 3.21. The van der Waals surface area contributed by atoms with Crippen LogP contribution in [0.3, 0.4) is 0 Å². The van der Waals surface area contributed by atoms with Crippen LogP contribution in [0.2, 0.25) is 0 Å². The first kappa shape index (κ1) is 14.1. The minimum Gasteiger partial charge on any atom is -0.323 e. The highest BCUT2D eigenvalue weighted by molar-refractivity contribution is 7.52. The van der Waals surface area contributed by atoms with Crippen LogP contribution in [-0.4, -0.2) is 57.1 Å². The molecular formula is C10H23N2O3P. The van der Waals surface area contributed by atoms with Gasteiger partial charge in [0, 0.05) is 31.7 Å². The fourth-order valence-electron chi connectivity index (χ4n) is 2.17. The van der Waals surface area contributed by atoms with Crippen molar-refractivity contribution in [2.75, 3.05) is 19.6 Å². The van der Waals surface area contributed by atoms with Crippen molar-refractivity contribution in [2.24, 2.45) is 0 Å². The van der Waals surface area contributed by atoms with Gasteiger partial charge in [-0.25, -0.2) is 0 Å². The Morgan fingerprint density at radius 1 is 1.12 bits per heavy atom. The normalized spacial score (nSPS) is 25.6. The van der Waals surface area contributed by atoms with E-state index in [9.17, 15) is 14.4 Å². The van der Waals surface area contributed by atoms with E-state index in [4.69, 9.17) is 0 Å². The first-order valence-electron chi connectivity index (χ1n) is 5.78. The third-order valence-corrected chi connectivity index (χ3v) is 4.44. The molecule has 96 valence electrons. The van der Waals surface area contributed by atoms with Crippen molar-refractivity contribution in [2.45, 2.75) is 45.6 Å². The Labute approximate surface area is 97.6 Å². The summed E-state index contributed by atoms with van der Waals surface area (Å²) in [5, 5.41) is 0. The van der Waals surface area contributed by atoms with Gasteiger partial charge in [-0.2, -0.15) is 0 Å². The Bertz CT molecular complexity index is 277. The van der Waals surface area contributed by atoms with E-state index in [0.717, 1.165) is 13.1 Å². The summed E-state index contributed by atoms with van der Waals surface area (Å²) < 4.78 is 11.5. The van der Waals surface area contributed by atoms with Gasteiger partial charge in [0.25, 0.3) is 0 Å². The maximum atomic E-state index is 11.5. The van der Waals surface area contributed by atoms with Gasteiger partial charge in [0.05, 0.1) is 0 Å². The number of hydrogen-bond acceptors (Lipinski definition) is 3. The van der Waals surface area contributed by atoms with Crippen molar-refractivity contribution in [3.63, 3.8) is 0 Å². The smallest absolute Gasteiger partial charge is 0.323 e. The molecular weight excluding hydrogens is 227 g/mol. The Morgan fingerprint density at radius 2 is 1.69 bits per heavy atom. The topological polar surface area (TPSA) is 64.0 Å². The predicted octanol–water partition coefficient (Wildman–Crippen LogP) is 0.925. The Balaban J connectivity index is 2.82. The monoisotopic (exact) mass is 250 g/mol. The van der Waals surface area contributed by atoms with Crippen LogP contribution in [0, 0.1) is 0 Å². The van der Waals surface area contributed by atoms with Gasteiger partial charge < -0.3 is 9.79 Å². The lowest BCUT2D eigenvalue weighted by Gasteiger charge is -2.44. The first-order valence-corrected chi connectivity index (χ1v) is 7.46. The van der Waals surface area contributed by atoms with Gasteiger partial charge in [0.2, 0.25) is 0 Å². The summed E-state index contributed by atoms with van der Waals surface area (Å²) in [5.74, 6) is -0.649. The highest BCUT2D eigenvalue weighted by Gasteiger charge is 2.40. The molecule has 1 unspecified atom stereocenters. The molecule has 0 spiro atoms. The predicted molar refractivity (Wildman–Crippen MR) is 64.4 cm³/mol. The van der Waals surface area contributed by atoms with Crippen LogP contribution in [0.1, 0.15) is 27.7 Å². The van der Waals surface area contributed by atoms with Crippen LogP contribution in [0.15, 0.2) is 0 Å². The van der Waals surface area contributed by atoms with E-state index >= 15 is 0 Å². The van der Waals surface area contributed by atoms with Gasteiger partial charge in [-0.3, -0.25) is 14.4 Å². The number of piperazine rings is 1. The molecule has 0 radical (unpaired) electrons. The Hall–Kier alpha value is 0.0700. The molecule has 0 aromatic rings. The van der Waals surface area contributed by atoms with E-state index in [2.05, 4.69) is 18.7 Å². The third kappa shape index (κ3) is 3.28. The molecule has 0 aliphatic carbocycles. The maximum Gasteiger partial charge on any atom is 0.343 e. The summed E-state index contributed by atoms with van der Waals surface area (Å²) in [7, 11) is -4.04. The number of hydrogen-bond donors (Lipinski definition) is 2. The molecule has 1 aliphatic rings. The van der Waals surface area contributed by atoms with Crippen molar-refractivity contribution in [3.8, 4) is 0 Å². The maximum absolute atomic E-state index is 11.5. The van der Waals surface area contributed by atoms with Gasteiger partial charge in [-0.05, 0) is 27.7 Å². The summed E-state index contributed by atoms with van der Waals surface area (Å²) in [4.78, 5) is 22.9. The molecule has 1 atom stereocenters. The molecule has 1 aliphatic heterocycles. The largest absolute Gasteiger partial charge is 0.343 e. The van der Waals surface area contributed by atoms with Crippen LogP contribution in [0.5, 0.6) is 0 Å². The number of nitrogens with zero attached hydrogens (tertiary/aromatic N) is 2. The molecule has 0 aromatic heterocycles. The van der Waals surface area contributed by atoms with Gasteiger partial charge in [0.1, 0.15) is 5.78 Å². The molecule has 0 bridgehead atoms. The zero-order valence-electron chi connectivity index (χ0n) is 10.5. The molecule has 1 heterocycles. The SMILES string of the molecule is CC(C)N1CCN(C(C)C)C(P(=O)(O)O)C1. The van der Waals surface area contributed by atoms with E-state index in [0.29, 0.717) is 12.6 Å². The van der Waals surface area contributed by atoms with Crippen LogP contribution in [-0.2, 0) is 4.57 Å². The summed E-state index contributed by atoms with van der Waals surface area (Å²) in [6.45, 7) is 10.1. The minimum absolute atomic E-state index is 0.173. The van der Waals surface area contributed by atoms with E-state index in [1.54, 1.807) is 0 Å². The van der Waals surface area contributed by atoms with Crippen molar-refractivity contribution < 1.29 is 14.4 Å². The Kier molecular flexibility index (Phi) is 4.55. The quantitative estimate of drug-likeness (QED) is 0.729. The van der Waals surface area contributed by atoms with Crippen molar-refractivity contribution >= 4 is 7.60 Å². The molecule has 0 aromatic carbocycles. The summed E-state index contributed by atoms with van der Waals surface area (Å²) in [6.07, 6.45) is 0. The fraction of sp³-hybridized carbons (Fsp3) is 1.00. The van der Waals surface area contributed by atoms with E-state index in [-0.39, 0.29) is 6.04 Å². The first-order chi connectivity index (χ1) is 7.23. The lowest BCUT2D eigenvalue weighted by atomic mass is 10.2. The average Bonchev–Trinajstić information content (AvgIpc) is 2.15. The van der Waals surface area contributed by atoms with Crippen molar-refractivity contribution in [1.82, 2.24) is 9.80 Å². The average molecular weight is 250 g/mol. The molecule has 0 saturated carbocycles. The van der Waals surface area contributed by atoms with Crippen LogP contribution < -0.4 is 0 Å². The van der Waals surface area contributed by atoms with Crippen LogP contribution >= 0.6 is 7.60 Å². The van der Waals surface area contributed by atoms with E-state index < -0.39 is 13.4 Å². The molecule has 1 fully saturated rings. The van der Waals surface area contributed by atoms with Crippen LogP contribution in [0.25, 0.3) is 0 Å². The molecule has 1 rings (SSSR count). The van der Waals surface area contributed by atoms with Crippen molar-refractivity contribution in [1.29, 1.82) is 0 Å². The lowest BCUT2D eigenvalue weighted by Crippen LogP contribution is -2.56. The lowest BCUT2D eigenvalue weighted by molar-refractivity contribution is 0.0585. The summed E-state index contributed by atoms with van der Waals surface area (Å²) >= 11 is 0. The molecule has 0 amide bonds. The molecule has 16 heavy (non-hydrogen) atoms. The van der Waals surface area contributed by atoms with E-state index in [1.807, 2.05) is 18.7 Å². The second-order valence-electron chi connectivity index (χ2n) is 4.99. The highest BCUT2D eigenvalue weighted by Crippen LogP contribution is 2.45. The fourth-order valence-corrected chi connectivity index (χ4v) is 3.36. The zero-order chi connectivity index (χ0) is 12.5. The van der Waals surface area contributed by atoms with E-state index in [1.165, 1.54) is 0 Å². The second kappa shape index (κ2) is 5.15. The molecule has 1 saturated heterocycles. The van der Waals surface area contributed by atoms with Crippen molar-refractivity contribution in [3.05, 3.63) is 0 Å². The summed E-state index contributed by atoms with van der Waals surface area (Å²) in [6, 6.07) is 0.510. The second-order valence-corrected chi connectivity index (χ2v) is 6.76. The standard InChI is InChI=1S/C10H23N2O3P/c1-8(2)11-5-6-12(9(3)4)10(7-11)16(13,14)15/h8-10H,5-7H2,1-4H3,(H2,13,14,15). The zero-order valence-corrected chi connectivity index (χ0v) is 11.4. The molecule has 6 heteroatoms. The molecule has 2 N–H and O–H groups in total. The van der Waals surface area contributed by atoms with Gasteiger partial charge in [-0.15, -0.1) is 0 Å². The summed E-state index contributed by atoms with van der Waals surface area (Å²) in [5.41, 5.74) is 0. The van der Waals surface area contributed by atoms with Gasteiger partial charge in [-0.1, -0.05) is 0 Å².